The predicted octanol–water partition coefficient (Wildman–Crippen LogP) is 5.25. The van der Waals surface area contributed by atoms with Gasteiger partial charge in [0, 0.05) is 16.4 Å². The maximum Gasteiger partial charge on any atom is 0.235 e. The monoisotopic (exact) mass is 321 g/mol. The van der Waals surface area contributed by atoms with Gasteiger partial charge in [0.2, 0.25) is 5.91 Å². The van der Waals surface area contributed by atoms with E-state index in [2.05, 4.69) is 0 Å². The molecule has 0 N–H and O–H groups in total. The van der Waals surface area contributed by atoms with Crippen LogP contribution in [0.2, 0.25) is 5.02 Å². The number of hydrogen-bond acceptors (Lipinski definition) is 1. The Morgan fingerprint density at radius 2 is 1.26 bits per heavy atom. The molecule has 114 valence electrons. The normalized spacial score (nSPS) is 10.3. The molecule has 0 fully saturated rings. The first-order valence-electron chi connectivity index (χ1n) is 7.41. The molecular weight excluding hydrogens is 306 g/mol. The molecule has 0 saturated heterocycles. The summed E-state index contributed by atoms with van der Waals surface area (Å²) < 4.78 is 0. The van der Waals surface area contributed by atoms with Crippen molar-refractivity contribution >= 4 is 28.9 Å². The predicted molar refractivity (Wildman–Crippen MR) is 95.2 cm³/mol. The molecule has 0 aliphatic heterocycles. The summed E-state index contributed by atoms with van der Waals surface area (Å²) in [7, 11) is 0. The number of amides is 1. The zero-order chi connectivity index (χ0) is 16.1. The van der Waals surface area contributed by atoms with Crippen molar-refractivity contribution in [1.82, 2.24) is 0 Å². The Morgan fingerprint density at radius 1 is 0.739 bits per heavy atom. The van der Waals surface area contributed by atoms with Gasteiger partial charge in [0.15, 0.2) is 0 Å². The van der Waals surface area contributed by atoms with Crippen LogP contribution in [0.25, 0.3) is 0 Å². The topological polar surface area (TPSA) is 20.3 Å². The molecule has 3 aromatic carbocycles. The molecule has 0 aliphatic carbocycles. The molecule has 2 nitrogen and oxygen atoms in total. The fourth-order valence-corrected chi connectivity index (χ4v) is 2.58. The van der Waals surface area contributed by atoms with Gasteiger partial charge in [-0.05, 0) is 42.0 Å². The molecule has 0 aliphatic rings. The van der Waals surface area contributed by atoms with Gasteiger partial charge < -0.3 is 0 Å². The third kappa shape index (κ3) is 3.79. The number of carbonyl (C=O) groups is 1. The molecule has 23 heavy (non-hydrogen) atoms. The van der Waals surface area contributed by atoms with Gasteiger partial charge in [0.1, 0.15) is 0 Å². The van der Waals surface area contributed by atoms with Crippen molar-refractivity contribution in [2.24, 2.45) is 0 Å². The standard InChI is InChI=1S/C20H16ClNO/c21-17-11-13-19(14-12-17)22(18-9-5-2-6-10-18)20(23)15-16-7-3-1-4-8-16/h1-14H,15H2. The number of carbonyl (C=O) groups excluding carboxylic acids is 1. The number of rotatable bonds is 4. The van der Waals surface area contributed by atoms with E-state index in [-0.39, 0.29) is 5.91 Å². The van der Waals surface area contributed by atoms with Crippen LogP contribution in [0.3, 0.4) is 0 Å². The van der Waals surface area contributed by atoms with Crippen molar-refractivity contribution in [3.8, 4) is 0 Å². The average Bonchev–Trinajstić information content (AvgIpc) is 2.59. The van der Waals surface area contributed by atoms with Crippen molar-refractivity contribution in [2.75, 3.05) is 4.90 Å². The van der Waals surface area contributed by atoms with E-state index in [9.17, 15) is 4.79 Å². The van der Waals surface area contributed by atoms with Gasteiger partial charge in [0.25, 0.3) is 0 Å². The summed E-state index contributed by atoms with van der Waals surface area (Å²) in [6.45, 7) is 0. The van der Waals surface area contributed by atoms with Crippen LogP contribution in [0.5, 0.6) is 0 Å². The van der Waals surface area contributed by atoms with E-state index in [0.717, 1.165) is 16.9 Å². The average molecular weight is 322 g/mol. The Kier molecular flexibility index (Phi) is 4.74. The summed E-state index contributed by atoms with van der Waals surface area (Å²) in [6, 6.07) is 26.7. The smallest absolute Gasteiger partial charge is 0.235 e. The van der Waals surface area contributed by atoms with E-state index in [0.29, 0.717) is 11.4 Å². The van der Waals surface area contributed by atoms with Gasteiger partial charge in [-0.15, -0.1) is 0 Å². The lowest BCUT2D eigenvalue weighted by Gasteiger charge is -2.23. The minimum Gasteiger partial charge on any atom is -0.281 e. The SMILES string of the molecule is O=C(Cc1ccccc1)N(c1ccccc1)c1ccc(Cl)cc1. The zero-order valence-corrected chi connectivity index (χ0v) is 13.3. The highest BCUT2D eigenvalue weighted by atomic mass is 35.5. The number of anilines is 2. The highest BCUT2D eigenvalue weighted by molar-refractivity contribution is 6.30. The molecule has 0 heterocycles. The summed E-state index contributed by atoms with van der Waals surface area (Å²) in [5.41, 5.74) is 2.64. The Bertz CT molecular complexity index is 770. The van der Waals surface area contributed by atoms with Gasteiger partial charge >= 0.3 is 0 Å². The fourth-order valence-electron chi connectivity index (χ4n) is 2.45. The summed E-state index contributed by atoms with van der Waals surface area (Å²) in [4.78, 5) is 14.6. The Hall–Kier alpha value is -2.58. The highest BCUT2D eigenvalue weighted by Crippen LogP contribution is 2.27. The molecule has 0 saturated carbocycles. The quantitative estimate of drug-likeness (QED) is 0.643. The Morgan fingerprint density at radius 3 is 1.87 bits per heavy atom. The molecular formula is C20H16ClNO. The van der Waals surface area contributed by atoms with Crippen LogP contribution < -0.4 is 4.90 Å². The molecule has 0 unspecified atom stereocenters. The van der Waals surface area contributed by atoms with Crippen molar-refractivity contribution in [3.05, 3.63) is 95.5 Å². The lowest BCUT2D eigenvalue weighted by Crippen LogP contribution is -2.27. The molecule has 3 rings (SSSR count). The number of hydrogen-bond donors (Lipinski definition) is 0. The Labute approximate surface area is 141 Å². The fraction of sp³-hybridized carbons (Fsp3) is 0.0500. The van der Waals surface area contributed by atoms with Crippen molar-refractivity contribution in [1.29, 1.82) is 0 Å². The van der Waals surface area contributed by atoms with Crippen LogP contribution in [0.4, 0.5) is 11.4 Å². The van der Waals surface area contributed by atoms with Crippen LogP contribution in [-0.2, 0) is 11.2 Å². The lowest BCUT2D eigenvalue weighted by atomic mass is 10.1. The number of benzene rings is 3. The number of nitrogens with zero attached hydrogens (tertiary/aromatic N) is 1. The van der Waals surface area contributed by atoms with Crippen molar-refractivity contribution in [2.45, 2.75) is 6.42 Å². The minimum atomic E-state index is 0.0183. The number of para-hydroxylation sites is 1. The largest absolute Gasteiger partial charge is 0.281 e. The zero-order valence-electron chi connectivity index (χ0n) is 12.5. The van der Waals surface area contributed by atoms with Gasteiger partial charge in [-0.3, -0.25) is 9.69 Å². The van der Waals surface area contributed by atoms with Gasteiger partial charge in [-0.2, -0.15) is 0 Å². The van der Waals surface area contributed by atoms with Gasteiger partial charge in [-0.1, -0.05) is 60.1 Å². The van der Waals surface area contributed by atoms with Crippen LogP contribution >= 0.6 is 11.6 Å². The van der Waals surface area contributed by atoms with E-state index in [1.54, 1.807) is 17.0 Å². The van der Waals surface area contributed by atoms with E-state index in [1.165, 1.54) is 0 Å². The first-order chi connectivity index (χ1) is 11.2. The van der Waals surface area contributed by atoms with E-state index in [1.807, 2.05) is 72.8 Å². The molecule has 0 radical (unpaired) electrons. The maximum absolute atomic E-state index is 12.9. The maximum atomic E-state index is 12.9. The second-order valence-corrected chi connectivity index (χ2v) is 5.64. The first-order valence-corrected chi connectivity index (χ1v) is 7.79. The van der Waals surface area contributed by atoms with Crippen LogP contribution in [0.1, 0.15) is 5.56 Å². The third-order valence-corrected chi connectivity index (χ3v) is 3.80. The second kappa shape index (κ2) is 7.12. The third-order valence-electron chi connectivity index (χ3n) is 3.55. The van der Waals surface area contributed by atoms with Crippen LogP contribution in [0.15, 0.2) is 84.9 Å². The van der Waals surface area contributed by atoms with Gasteiger partial charge in [0.05, 0.1) is 6.42 Å². The molecule has 0 aromatic heterocycles. The summed E-state index contributed by atoms with van der Waals surface area (Å²) in [5.74, 6) is 0.0183. The second-order valence-electron chi connectivity index (χ2n) is 5.20. The molecule has 3 heteroatoms. The summed E-state index contributed by atoms with van der Waals surface area (Å²) in [6.07, 6.45) is 0.346. The van der Waals surface area contributed by atoms with E-state index in [4.69, 9.17) is 11.6 Å². The summed E-state index contributed by atoms with van der Waals surface area (Å²) in [5, 5.41) is 0.650. The molecule has 0 bridgehead atoms. The molecule has 3 aromatic rings. The molecule has 0 spiro atoms. The lowest BCUT2D eigenvalue weighted by molar-refractivity contribution is -0.117. The van der Waals surface area contributed by atoms with Crippen molar-refractivity contribution in [3.63, 3.8) is 0 Å². The minimum absolute atomic E-state index is 0.0183. The van der Waals surface area contributed by atoms with Crippen LogP contribution in [-0.4, -0.2) is 5.91 Å². The van der Waals surface area contributed by atoms with E-state index < -0.39 is 0 Å². The molecule has 1 amide bonds. The Balaban J connectivity index is 1.95. The number of halogens is 1. The summed E-state index contributed by atoms with van der Waals surface area (Å²) >= 11 is 5.97. The van der Waals surface area contributed by atoms with Gasteiger partial charge in [-0.25, -0.2) is 0 Å². The van der Waals surface area contributed by atoms with Crippen molar-refractivity contribution < 1.29 is 4.79 Å². The highest BCUT2D eigenvalue weighted by Gasteiger charge is 2.18. The van der Waals surface area contributed by atoms with Crippen LogP contribution in [0, 0.1) is 0 Å². The molecule has 0 atom stereocenters. The van der Waals surface area contributed by atoms with E-state index >= 15 is 0 Å². The first kappa shape index (κ1) is 15.3.